The molecule has 2 N–H and O–H groups in total. The van der Waals surface area contributed by atoms with Crippen molar-refractivity contribution in [1.29, 1.82) is 0 Å². The van der Waals surface area contributed by atoms with Crippen LogP contribution in [-0.4, -0.2) is 10.4 Å². The monoisotopic (exact) mass is 268 g/mol. The summed E-state index contributed by atoms with van der Waals surface area (Å²) in [5.74, 6) is -0.735. The number of aryl methyl sites for hydroxylation is 1. The summed E-state index contributed by atoms with van der Waals surface area (Å²) in [6.07, 6.45) is 1.76. The third-order valence-electron chi connectivity index (χ3n) is 3.32. The summed E-state index contributed by atoms with van der Waals surface area (Å²) in [6, 6.07) is 11.5. The number of aromatic nitrogens is 1. The Balaban J connectivity index is 2.18. The minimum atomic E-state index is -0.506. The van der Waals surface area contributed by atoms with Crippen LogP contribution in [0.25, 0.3) is 10.9 Å². The van der Waals surface area contributed by atoms with Gasteiger partial charge < -0.3 is 10.3 Å². The van der Waals surface area contributed by atoms with E-state index >= 15 is 0 Å². The van der Waals surface area contributed by atoms with Crippen molar-refractivity contribution in [2.45, 2.75) is 0 Å². The van der Waals surface area contributed by atoms with Crippen LogP contribution in [0.5, 0.6) is 0 Å². The summed E-state index contributed by atoms with van der Waals surface area (Å²) in [5, 5.41) is 0.850. The first-order chi connectivity index (χ1) is 9.56. The summed E-state index contributed by atoms with van der Waals surface area (Å²) >= 11 is 0. The highest BCUT2D eigenvalue weighted by molar-refractivity contribution is 6.16. The summed E-state index contributed by atoms with van der Waals surface area (Å²) in [4.78, 5) is 12.5. The molecular weight excluding hydrogens is 255 g/mol. The van der Waals surface area contributed by atoms with Crippen molar-refractivity contribution in [1.82, 2.24) is 4.57 Å². The molecule has 2 aromatic carbocycles. The van der Waals surface area contributed by atoms with Gasteiger partial charge in [-0.25, -0.2) is 4.39 Å². The Morgan fingerprint density at radius 3 is 2.70 bits per heavy atom. The van der Waals surface area contributed by atoms with Gasteiger partial charge in [0.25, 0.3) is 0 Å². The first-order valence-electron chi connectivity index (χ1n) is 6.21. The molecule has 3 rings (SSSR count). The number of hydrogen-bond donors (Lipinski definition) is 1. The molecular formula is C16H13FN2O. The van der Waals surface area contributed by atoms with E-state index in [0.29, 0.717) is 5.56 Å². The summed E-state index contributed by atoms with van der Waals surface area (Å²) in [6.45, 7) is 0. The Kier molecular flexibility index (Phi) is 2.79. The van der Waals surface area contributed by atoms with Crippen molar-refractivity contribution in [2.75, 3.05) is 5.73 Å². The molecule has 0 aliphatic heterocycles. The van der Waals surface area contributed by atoms with Gasteiger partial charge in [0, 0.05) is 41.0 Å². The van der Waals surface area contributed by atoms with Crippen LogP contribution in [0.4, 0.5) is 10.1 Å². The lowest BCUT2D eigenvalue weighted by molar-refractivity contribution is 0.103. The molecule has 0 spiro atoms. The Bertz CT molecular complexity index is 800. The van der Waals surface area contributed by atoms with Gasteiger partial charge in [-0.2, -0.15) is 0 Å². The highest BCUT2D eigenvalue weighted by Crippen LogP contribution is 2.24. The second-order valence-corrected chi connectivity index (χ2v) is 4.77. The lowest BCUT2D eigenvalue weighted by Gasteiger charge is -2.02. The third kappa shape index (κ3) is 1.95. The van der Waals surface area contributed by atoms with E-state index in [4.69, 9.17) is 5.73 Å². The zero-order valence-corrected chi connectivity index (χ0v) is 10.9. The lowest BCUT2D eigenvalue weighted by atomic mass is 10.0. The van der Waals surface area contributed by atoms with Gasteiger partial charge in [-0.1, -0.05) is 18.2 Å². The average Bonchev–Trinajstić information content (AvgIpc) is 2.75. The minimum Gasteiger partial charge on any atom is -0.399 e. The second-order valence-electron chi connectivity index (χ2n) is 4.77. The molecule has 0 fully saturated rings. The molecule has 1 heterocycles. The zero-order valence-electron chi connectivity index (χ0n) is 10.9. The van der Waals surface area contributed by atoms with E-state index in [9.17, 15) is 9.18 Å². The van der Waals surface area contributed by atoms with E-state index < -0.39 is 5.82 Å². The van der Waals surface area contributed by atoms with E-state index in [2.05, 4.69) is 0 Å². The van der Waals surface area contributed by atoms with Gasteiger partial charge in [0.2, 0.25) is 0 Å². The molecule has 3 aromatic rings. The van der Waals surface area contributed by atoms with E-state index in [1.807, 2.05) is 35.9 Å². The van der Waals surface area contributed by atoms with Crippen molar-refractivity contribution in [2.24, 2.45) is 7.05 Å². The maximum absolute atomic E-state index is 13.4. The maximum atomic E-state index is 13.4. The number of nitrogens with two attached hydrogens (primary N) is 1. The number of carbonyl (C=O) groups excluding carboxylic acids is 1. The van der Waals surface area contributed by atoms with Crippen LogP contribution >= 0.6 is 0 Å². The molecule has 0 aliphatic rings. The third-order valence-corrected chi connectivity index (χ3v) is 3.32. The van der Waals surface area contributed by atoms with Crippen molar-refractivity contribution in [3.8, 4) is 0 Å². The van der Waals surface area contributed by atoms with E-state index in [0.717, 1.165) is 10.9 Å². The van der Waals surface area contributed by atoms with Crippen molar-refractivity contribution >= 4 is 22.4 Å². The van der Waals surface area contributed by atoms with Gasteiger partial charge in [-0.05, 0) is 24.3 Å². The summed E-state index contributed by atoms with van der Waals surface area (Å²) in [7, 11) is 1.87. The standard InChI is InChI=1S/C16H13FN2O/c1-19-9-14(13-4-2-3-5-15(13)19)16(20)10-6-11(17)8-12(18)7-10/h2-9H,18H2,1H3. The number of fused-ring (bicyclic) bond motifs is 1. The first-order valence-corrected chi connectivity index (χ1v) is 6.21. The van der Waals surface area contributed by atoms with Crippen molar-refractivity contribution in [3.63, 3.8) is 0 Å². The van der Waals surface area contributed by atoms with Crippen LogP contribution in [0.3, 0.4) is 0 Å². The molecule has 0 bridgehead atoms. The lowest BCUT2D eigenvalue weighted by Crippen LogP contribution is -2.02. The highest BCUT2D eigenvalue weighted by Gasteiger charge is 2.16. The van der Waals surface area contributed by atoms with Crippen molar-refractivity contribution < 1.29 is 9.18 Å². The molecule has 3 nitrogen and oxygen atoms in total. The van der Waals surface area contributed by atoms with Crippen LogP contribution in [0.15, 0.2) is 48.7 Å². The van der Waals surface area contributed by atoms with Gasteiger partial charge >= 0.3 is 0 Å². The van der Waals surface area contributed by atoms with Crippen LogP contribution in [-0.2, 0) is 7.05 Å². The first kappa shape index (κ1) is 12.4. The molecule has 0 atom stereocenters. The number of nitrogens with zero attached hydrogens (tertiary/aromatic N) is 1. The van der Waals surface area contributed by atoms with Crippen LogP contribution in [0, 0.1) is 5.82 Å². The fraction of sp³-hybridized carbons (Fsp3) is 0.0625. The van der Waals surface area contributed by atoms with Gasteiger partial charge in [-0.3, -0.25) is 4.79 Å². The fourth-order valence-electron chi connectivity index (χ4n) is 2.42. The van der Waals surface area contributed by atoms with Gasteiger partial charge in [0.15, 0.2) is 5.78 Å². The molecule has 0 unspecified atom stereocenters. The number of benzene rings is 2. The van der Waals surface area contributed by atoms with E-state index in [1.54, 1.807) is 6.20 Å². The van der Waals surface area contributed by atoms with E-state index in [1.165, 1.54) is 18.2 Å². The number of para-hydroxylation sites is 1. The number of carbonyl (C=O) groups is 1. The number of nitrogen functional groups attached to an aromatic ring is 1. The quantitative estimate of drug-likeness (QED) is 0.573. The predicted octanol–water partition coefficient (Wildman–Crippen LogP) is 3.13. The van der Waals surface area contributed by atoms with Crippen molar-refractivity contribution in [3.05, 3.63) is 65.6 Å². The maximum Gasteiger partial charge on any atom is 0.195 e. The molecule has 1 aromatic heterocycles. The number of anilines is 1. The normalized spacial score (nSPS) is 10.9. The Morgan fingerprint density at radius 2 is 1.95 bits per heavy atom. The number of rotatable bonds is 2. The SMILES string of the molecule is Cn1cc(C(=O)c2cc(N)cc(F)c2)c2ccccc21. The fourth-order valence-corrected chi connectivity index (χ4v) is 2.42. The van der Waals surface area contributed by atoms with Gasteiger partial charge in [-0.15, -0.1) is 0 Å². The van der Waals surface area contributed by atoms with Gasteiger partial charge in [0.05, 0.1) is 0 Å². The highest BCUT2D eigenvalue weighted by atomic mass is 19.1. The molecule has 4 heteroatoms. The Morgan fingerprint density at radius 1 is 1.20 bits per heavy atom. The Hall–Kier alpha value is -2.62. The van der Waals surface area contributed by atoms with Crippen LogP contribution in [0.2, 0.25) is 0 Å². The second kappa shape index (κ2) is 4.49. The smallest absolute Gasteiger partial charge is 0.195 e. The molecule has 0 radical (unpaired) electrons. The van der Waals surface area contributed by atoms with Gasteiger partial charge in [0.1, 0.15) is 5.82 Å². The average molecular weight is 268 g/mol. The Labute approximate surface area is 115 Å². The molecule has 0 saturated heterocycles. The molecule has 0 amide bonds. The number of ketones is 1. The van der Waals surface area contributed by atoms with Crippen LogP contribution < -0.4 is 5.73 Å². The molecule has 20 heavy (non-hydrogen) atoms. The zero-order chi connectivity index (χ0) is 14.3. The van der Waals surface area contributed by atoms with E-state index in [-0.39, 0.29) is 17.0 Å². The molecule has 100 valence electrons. The summed E-state index contributed by atoms with van der Waals surface area (Å²) < 4.78 is 15.3. The number of hydrogen-bond acceptors (Lipinski definition) is 2. The minimum absolute atomic E-state index is 0.229. The molecule has 0 aliphatic carbocycles. The predicted molar refractivity (Wildman–Crippen MR) is 77.2 cm³/mol. The molecule has 0 saturated carbocycles. The number of halogens is 1. The largest absolute Gasteiger partial charge is 0.399 e. The topological polar surface area (TPSA) is 48.0 Å². The summed E-state index contributed by atoms with van der Waals surface area (Å²) in [5.41, 5.74) is 7.61. The van der Waals surface area contributed by atoms with Crippen LogP contribution in [0.1, 0.15) is 15.9 Å².